The molecule has 0 radical (unpaired) electrons. The summed E-state index contributed by atoms with van der Waals surface area (Å²) in [6, 6.07) is 4.04. The van der Waals surface area contributed by atoms with Gasteiger partial charge in [-0.05, 0) is 32.9 Å². The Kier molecular flexibility index (Phi) is 10.5. The van der Waals surface area contributed by atoms with Crippen molar-refractivity contribution >= 4 is 51.1 Å². The lowest BCUT2D eigenvalue weighted by Gasteiger charge is -2.14. The van der Waals surface area contributed by atoms with Crippen LogP contribution >= 0.6 is 24.0 Å². The second-order valence-electron chi connectivity index (χ2n) is 5.69. The number of rotatable bonds is 8. The summed E-state index contributed by atoms with van der Waals surface area (Å²) < 4.78 is 23.1. The minimum Gasteiger partial charge on any atom is -0.378 e. The van der Waals surface area contributed by atoms with Crippen molar-refractivity contribution in [3.05, 3.63) is 28.3 Å². The second kappa shape index (κ2) is 11.2. The standard InChI is InChI=1S/C15H25N5O4S.HI/c1-5-16-15(19-11(2)3)18-9-8-17-13-7-6-12(25(4,23)24)10-14(13)20(21)22;/h6-7,10-11,17H,5,8-9H2,1-4H3,(H2,16,18,19);1H. The zero-order valence-electron chi connectivity index (χ0n) is 15.3. The first-order valence-corrected chi connectivity index (χ1v) is 9.81. The first-order chi connectivity index (χ1) is 11.6. The van der Waals surface area contributed by atoms with Gasteiger partial charge in [-0.15, -0.1) is 24.0 Å². The number of anilines is 1. The number of benzene rings is 1. The summed E-state index contributed by atoms with van der Waals surface area (Å²) in [6.07, 6.45) is 1.01. The molecule has 0 saturated heterocycles. The van der Waals surface area contributed by atoms with Crippen LogP contribution in [-0.4, -0.2) is 51.2 Å². The van der Waals surface area contributed by atoms with Gasteiger partial charge in [-0.25, -0.2) is 8.42 Å². The molecule has 0 fully saturated rings. The van der Waals surface area contributed by atoms with Gasteiger partial charge in [0.15, 0.2) is 15.8 Å². The predicted molar refractivity (Wildman–Crippen MR) is 114 cm³/mol. The molecule has 1 rings (SSSR count). The molecule has 3 N–H and O–H groups in total. The van der Waals surface area contributed by atoms with Crippen molar-refractivity contribution in [1.82, 2.24) is 10.6 Å². The molecule has 1 aromatic rings. The molecule has 1 aromatic carbocycles. The monoisotopic (exact) mass is 499 g/mol. The van der Waals surface area contributed by atoms with Gasteiger partial charge in [-0.2, -0.15) is 0 Å². The molecule has 0 bridgehead atoms. The van der Waals surface area contributed by atoms with E-state index in [0.717, 1.165) is 18.9 Å². The third-order valence-corrected chi connectivity index (χ3v) is 4.17. The van der Waals surface area contributed by atoms with Crippen LogP contribution in [0, 0.1) is 10.1 Å². The maximum absolute atomic E-state index is 11.5. The van der Waals surface area contributed by atoms with Crippen molar-refractivity contribution in [2.75, 3.05) is 31.2 Å². The van der Waals surface area contributed by atoms with E-state index in [0.29, 0.717) is 19.0 Å². The number of hydrogen-bond acceptors (Lipinski definition) is 6. The molecule has 9 nitrogen and oxygen atoms in total. The molecule has 11 heteroatoms. The molecule has 26 heavy (non-hydrogen) atoms. The van der Waals surface area contributed by atoms with Crippen molar-refractivity contribution in [2.24, 2.45) is 4.99 Å². The van der Waals surface area contributed by atoms with E-state index < -0.39 is 14.8 Å². The van der Waals surface area contributed by atoms with Crippen LogP contribution < -0.4 is 16.0 Å². The number of guanidine groups is 1. The number of halogens is 1. The summed E-state index contributed by atoms with van der Waals surface area (Å²) in [7, 11) is -3.50. The average Bonchev–Trinajstić information content (AvgIpc) is 2.50. The number of nitro groups is 1. The van der Waals surface area contributed by atoms with E-state index in [1.54, 1.807) is 0 Å². The van der Waals surface area contributed by atoms with Crippen molar-refractivity contribution in [3.63, 3.8) is 0 Å². The highest BCUT2D eigenvalue weighted by molar-refractivity contribution is 14.0. The lowest BCUT2D eigenvalue weighted by molar-refractivity contribution is -0.384. The van der Waals surface area contributed by atoms with E-state index >= 15 is 0 Å². The topological polar surface area (TPSA) is 126 Å². The number of aliphatic imine (C=N–C) groups is 1. The molecule has 0 aliphatic heterocycles. The van der Waals surface area contributed by atoms with Gasteiger partial charge in [0.05, 0.1) is 16.4 Å². The molecule has 0 atom stereocenters. The highest BCUT2D eigenvalue weighted by atomic mass is 127. The SMILES string of the molecule is CCNC(=NCCNc1ccc(S(C)(=O)=O)cc1[N+](=O)[O-])NC(C)C.I. The Morgan fingerprint density at radius 3 is 2.50 bits per heavy atom. The zero-order valence-corrected chi connectivity index (χ0v) is 18.4. The van der Waals surface area contributed by atoms with Crippen LogP contribution in [-0.2, 0) is 9.84 Å². The minimum atomic E-state index is -3.50. The summed E-state index contributed by atoms with van der Waals surface area (Å²) in [5.74, 6) is 0.668. The van der Waals surface area contributed by atoms with Crippen LogP contribution in [0.15, 0.2) is 28.1 Å². The first-order valence-electron chi connectivity index (χ1n) is 7.92. The molecule has 0 aliphatic carbocycles. The highest BCUT2D eigenvalue weighted by Gasteiger charge is 2.18. The van der Waals surface area contributed by atoms with Gasteiger partial charge in [0.2, 0.25) is 0 Å². The van der Waals surface area contributed by atoms with E-state index in [9.17, 15) is 18.5 Å². The Morgan fingerprint density at radius 1 is 1.35 bits per heavy atom. The van der Waals surface area contributed by atoms with Crippen molar-refractivity contribution < 1.29 is 13.3 Å². The van der Waals surface area contributed by atoms with Gasteiger partial charge in [-0.3, -0.25) is 15.1 Å². The number of nitrogens with zero attached hydrogens (tertiary/aromatic N) is 2. The third-order valence-electron chi connectivity index (χ3n) is 3.06. The molecule has 0 aliphatic rings. The van der Waals surface area contributed by atoms with Gasteiger partial charge in [-0.1, -0.05) is 0 Å². The maximum atomic E-state index is 11.5. The Labute approximate surface area is 171 Å². The van der Waals surface area contributed by atoms with Crippen LogP contribution in [0.5, 0.6) is 0 Å². The molecule has 0 amide bonds. The Bertz CT molecular complexity index is 738. The minimum absolute atomic E-state index is 0. The van der Waals surface area contributed by atoms with Crippen LogP contribution in [0.4, 0.5) is 11.4 Å². The van der Waals surface area contributed by atoms with Crippen molar-refractivity contribution in [2.45, 2.75) is 31.7 Å². The van der Waals surface area contributed by atoms with E-state index in [2.05, 4.69) is 20.9 Å². The Balaban J connectivity index is 0.00000625. The largest absolute Gasteiger partial charge is 0.378 e. The Hall–Kier alpha value is -1.63. The molecular weight excluding hydrogens is 473 g/mol. The lowest BCUT2D eigenvalue weighted by atomic mass is 10.2. The fourth-order valence-electron chi connectivity index (χ4n) is 1.99. The summed E-state index contributed by atoms with van der Waals surface area (Å²) in [6.45, 7) is 7.45. The fraction of sp³-hybridized carbons (Fsp3) is 0.533. The first kappa shape index (κ1) is 24.4. The van der Waals surface area contributed by atoms with Crippen molar-refractivity contribution in [1.29, 1.82) is 0 Å². The molecule has 0 spiro atoms. The average molecular weight is 499 g/mol. The normalized spacial score (nSPS) is 11.7. The van der Waals surface area contributed by atoms with Gasteiger partial charge < -0.3 is 16.0 Å². The van der Waals surface area contributed by atoms with E-state index in [-0.39, 0.29) is 46.3 Å². The molecular formula is C15H26IN5O4S. The summed E-state index contributed by atoms with van der Waals surface area (Å²) >= 11 is 0. The molecule has 148 valence electrons. The molecule has 0 unspecified atom stereocenters. The molecule has 0 saturated carbocycles. The number of nitro benzene ring substituents is 1. The number of hydrogen-bond donors (Lipinski definition) is 3. The van der Waals surface area contributed by atoms with E-state index in [1.807, 2.05) is 20.8 Å². The van der Waals surface area contributed by atoms with Crippen LogP contribution in [0.25, 0.3) is 0 Å². The van der Waals surface area contributed by atoms with Gasteiger partial charge >= 0.3 is 0 Å². The summed E-state index contributed by atoms with van der Waals surface area (Å²) in [4.78, 5) is 14.8. The molecule has 0 heterocycles. The summed E-state index contributed by atoms with van der Waals surface area (Å²) in [5, 5.41) is 20.4. The van der Waals surface area contributed by atoms with Crippen LogP contribution in [0.3, 0.4) is 0 Å². The second-order valence-corrected chi connectivity index (χ2v) is 7.71. The lowest BCUT2D eigenvalue weighted by Crippen LogP contribution is -2.41. The van der Waals surface area contributed by atoms with Crippen LogP contribution in [0.2, 0.25) is 0 Å². The predicted octanol–water partition coefficient (Wildman–Crippen LogP) is 1.99. The van der Waals surface area contributed by atoms with Gasteiger partial charge in [0, 0.05) is 31.5 Å². The van der Waals surface area contributed by atoms with E-state index in [1.165, 1.54) is 12.1 Å². The van der Waals surface area contributed by atoms with Gasteiger partial charge in [0.25, 0.3) is 5.69 Å². The fourth-order valence-corrected chi connectivity index (χ4v) is 2.64. The zero-order chi connectivity index (χ0) is 19.0. The number of sulfone groups is 1. The molecule has 0 aromatic heterocycles. The van der Waals surface area contributed by atoms with Gasteiger partial charge in [0.1, 0.15) is 5.69 Å². The Morgan fingerprint density at radius 2 is 2.00 bits per heavy atom. The summed E-state index contributed by atoms with van der Waals surface area (Å²) in [5.41, 5.74) is -0.0199. The smallest absolute Gasteiger partial charge is 0.293 e. The quantitative estimate of drug-likeness (QED) is 0.125. The maximum Gasteiger partial charge on any atom is 0.293 e. The van der Waals surface area contributed by atoms with Crippen molar-refractivity contribution in [3.8, 4) is 0 Å². The van der Waals surface area contributed by atoms with E-state index in [4.69, 9.17) is 0 Å². The van der Waals surface area contributed by atoms with Crippen LogP contribution in [0.1, 0.15) is 20.8 Å². The number of nitrogens with one attached hydrogen (secondary N) is 3. The highest BCUT2D eigenvalue weighted by Crippen LogP contribution is 2.27. The third kappa shape index (κ3) is 8.17.